The molecular formula is C15H29N3. The fourth-order valence-electron chi connectivity index (χ4n) is 4.53. The number of fused-ring (bicyclic) bond motifs is 2. The molecule has 4 atom stereocenters. The molecule has 0 aromatic heterocycles. The first kappa shape index (κ1) is 12.9. The molecule has 1 saturated carbocycles. The fraction of sp³-hybridized carbons (Fsp3) is 1.00. The van der Waals surface area contributed by atoms with E-state index in [1.165, 1.54) is 51.7 Å². The van der Waals surface area contributed by atoms with Crippen LogP contribution in [0.2, 0.25) is 0 Å². The summed E-state index contributed by atoms with van der Waals surface area (Å²) in [7, 11) is 0. The molecule has 0 radical (unpaired) electrons. The normalized spacial score (nSPS) is 46.5. The topological polar surface area (TPSA) is 41.3 Å². The molecule has 0 spiro atoms. The minimum Gasteiger partial charge on any atom is -0.329 e. The Bertz CT molecular complexity index is 315. The van der Waals surface area contributed by atoms with Crippen LogP contribution < -0.4 is 11.1 Å². The highest BCUT2D eigenvalue weighted by molar-refractivity contribution is 5.06. The molecule has 2 bridgehead atoms. The lowest BCUT2D eigenvalue weighted by molar-refractivity contribution is 0.121. The van der Waals surface area contributed by atoms with Crippen molar-refractivity contribution >= 4 is 0 Å². The third kappa shape index (κ3) is 2.21. The summed E-state index contributed by atoms with van der Waals surface area (Å²) in [4.78, 5) is 2.61. The minimum atomic E-state index is 0.248. The molecule has 3 rings (SSSR count). The number of nitrogens with two attached hydrogens (primary N) is 1. The Morgan fingerprint density at radius 2 is 2.06 bits per heavy atom. The molecule has 0 aromatic rings. The van der Waals surface area contributed by atoms with E-state index in [4.69, 9.17) is 5.73 Å². The second-order valence-corrected chi connectivity index (χ2v) is 7.64. The van der Waals surface area contributed by atoms with Crippen LogP contribution in [0.4, 0.5) is 0 Å². The van der Waals surface area contributed by atoms with Crippen LogP contribution in [0.25, 0.3) is 0 Å². The van der Waals surface area contributed by atoms with Crippen LogP contribution in [0.15, 0.2) is 0 Å². The van der Waals surface area contributed by atoms with Crippen molar-refractivity contribution in [3.63, 3.8) is 0 Å². The van der Waals surface area contributed by atoms with Crippen LogP contribution in [0.1, 0.15) is 46.0 Å². The Kier molecular flexibility index (Phi) is 3.20. The molecule has 2 saturated heterocycles. The van der Waals surface area contributed by atoms with Gasteiger partial charge in [-0.3, -0.25) is 0 Å². The summed E-state index contributed by atoms with van der Waals surface area (Å²) >= 11 is 0. The Hall–Kier alpha value is -0.120. The van der Waals surface area contributed by atoms with E-state index in [0.29, 0.717) is 11.5 Å². The predicted octanol–water partition coefficient (Wildman–Crippen LogP) is 1.58. The fourth-order valence-corrected chi connectivity index (χ4v) is 4.53. The van der Waals surface area contributed by atoms with Crippen molar-refractivity contribution in [3.05, 3.63) is 0 Å². The van der Waals surface area contributed by atoms with Gasteiger partial charge in [0.05, 0.1) is 0 Å². The Balaban J connectivity index is 1.69. The first-order valence-corrected chi connectivity index (χ1v) is 7.73. The third-order valence-corrected chi connectivity index (χ3v) is 5.75. The lowest BCUT2D eigenvalue weighted by Crippen LogP contribution is -2.62. The maximum atomic E-state index is 6.19. The number of hydrogen-bond acceptors (Lipinski definition) is 3. The number of piperidine rings is 1. The molecule has 2 heterocycles. The molecule has 1 aliphatic carbocycles. The Morgan fingerprint density at radius 3 is 2.72 bits per heavy atom. The minimum absolute atomic E-state index is 0.248. The summed E-state index contributed by atoms with van der Waals surface area (Å²) in [5.74, 6) is 0.792. The average molecular weight is 251 g/mol. The molecule has 3 fully saturated rings. The van der Waals surface area contributed by atoms with Crippen molar-refractivity contribution < 1.29 is 0 Å². The summed E-state index contributed by atoms with van der Waals surface area (Å²) in [6, 6.07) is 0.704. The van der Waals surface area contributed by atoms with E-state index in [2.05, 4.69) is 24.1 Å². The van der Waals surface area contributed by atoms with Crippen LogP contribution >= 0.6 is 0 Å². The van der Waals surface area contributed by atoms with Gasteiger partial charge in [0.25, 0.3) is 0 Å². The van der Waals surface area contributed by atoms with E-state index in [-0.39, 0.29) is 5.54 Å². The number of nitrogens with one attached hydrogen (secondary N) is 1. The second kappa shape index (κ2) is 4.46. The molecule has 2 aliphatic heterocycles. The van der Waals surface area contributed by atoms with Crippen molar-refractivity contribution in [1.29, 1.82) is 0 Å². The monoisotopic (exact) mass is 251 g/mol. The largest absolute Gasteiger partial charge is 0.329 e. The first-order chi connectivity index (χ1) is 8.53. The maximum absolute atomic E-state index is 6.19. The molecule has 0 amide bonds. The van der Waals surface area contributed by atoms with Crippen LogP contribution in [0, 0.1) is 11.3 Å². The first-order valence-electron chi connectivity index (χ1n) is 7.73. The predicted molar refractivity (Wildman–Crippen MR) is 75.5 cm³/mol. The van der Waals surface area contributed by atoms with E-state index in [0.717, 1.165) is 12.5 Å². The molecule has 104 valence electrons. The van der Waals surface area contributed by atoms with Crippen LogP contribution in [0.3, 0.4) is 0 Å². The quantitative estimate of drug-likeness (QED) is 0.800. The molecule has 3 aliphatic rings. The van der Waals surface area contributed by atoms with Gasteiger partial charge in [-0.2, -0.15) is 0 Å². The highest BCUT2D eigenvalue weighted by atomic mass is 15.2. The van der Waals surface area contributed by atoms with Crippen LogP contribution in [-0.4, -0.2) is 42.7 Å². The van der Waals surface area contributed by atoms with Crippen LogP contribution in [-0.2, 0) is 0 Å². The van der Waals surface area contributed by atoms with Gasteiger partial charge in [0.1, 0.15) is 0 Å². The molecular weight excluding hydrogens is 222 g/mol. The van der Waals surface area contributed by atoms with E-state index in [1.807, 2.05) is 0 Å². The van der Waals surface area contributed by atoms with Gasteiger partial charge < -0.3 is 16.0 Å². The van der Waals surface area contributed by atoms with Gasteiger partial charge in [0, 0.05) is 24.7 Å². The Labute approximate surface area is 111 Å². The van der Waals surface area contributed by atoms with E-state index < -0.39 is 0 Å². The van der Waals surface area contributed by atoms with Gasteiger partial charge in [0.15, 0.2) is 0 Å². The van der Waals surface area contributed by atoms with Gasteiger partial charge >= 0.3 is 0 Å². The van der Waals surface area contributed by atoms with Crippen molar-refractivity contribution in [3.8, 4) is 0 Å². The smallest absolute Gasteiger partial charge is 0.0359 e. The number of hydrogen-bond donors (Lipinski definition) is 2. The van der Waals surface area contributed by atoms with Crippen molar-refractivity contribution in [2.45, 2.75) is 57.5 Å². The van der Waals surface area contributed by atoms with Gasteiger partial charge in [-0.25, -0.2) is 0 Å². The van der Waals surface area contributed by atoms with Gasteiger partial charge in [-0.1, -0.05) is 13.8 Å². The molecule has 18 heavy (non-hydrogen) atoms. The maximum Gasteiger partial charge on any atom is 0.0359 e. The zero-order valence-electron chi connectivity index (χ0n) is 12.0. The molecule has 4 unspecified atom stereocenters. The summed E-state index contributed by atoms with van der Waals surface area (Å²) in [6.45, 7) is 9.45. The SMILES string of the molecule is CC1(C)CCC(NC2(CN)CCN3CCC2C3)C1. The number of rotatable bonds is 3. The second-order valence-electron chi connectivity index (χ2n) is 7.64. The zero-order chi connectivity index (χ0) is 12.8. The molecule has 3 N–H and O–H groups in total. The van der Waals surface area contributed by atoms with Gasteiger partial charge in [0.2, 0.25) is 0 Å². The Morgan fingerprint density at radius 1 is 1.22 bits per heavy atom. The van der Waals surface area contributed by atoms with Gasteiger partial charge in [-0.05, 0) is 56.5 Å². The summed E-state index contributed by atoms with van der Waals surface area (Å²) in [5.41, 5.74) is 6.97. The van der Waals surface area contributed by atoms with Crippen molar-refractivity contribution in [2.75, 3.05) is 26.2 Å². The lowest BCUT2D eigenvalue weighted by atomic mass is 9.78. The van der Waals surface area contributed by atoms with Crippen LogP contribution in [0.5, 0.6) is 0 Å². The molecule has 3 nitrogen and oxygen atoms in total. The van der Waals surface area contributed by atoms with Crippen molar-refractivity contribution in [2.24, 2.45) is 17.1 Å². The standard InChI is InChI=1S/C15H29N3/c1-14(2)5-3-13(9-14)17-15(11-16)6-8-18-7-4-12(15)10-18/h12-13,17H,3-11,16H2,1-2H3. The summed E-state index contributed by atoms with van der Waals surface area (Å²) in [6.07, 6.45) is 6.63. The van der Waals surface area contributed by atoms with Crippen molar-refractivity contribution in [1.82, 2.24) is 10.2 Å². The van der Waals surface area contributed by atoms with E-state index >= 15 is 0 Å². The summed E-state index contributed by atoms with van der Waals surface area (Å²) in [5, 5.41) is 4.01. The van der Waals surface area contributed by atoms with E-state index in [1.54, 1.807) is 0 Å². The highest BCUT2D eigenvalue weighted by Gasteiger charge is 2.47. The molecule has 0 aromatic carbocycles. The number of nitrogens with zero attached hydrogens (tertiary/aromatic N) is 1. The summed E-state index contributed by atoms with van der Waals surface area (Å²) < 4.78 is 0. The molecule has 3 heteroatoms. The lowest BCUT2D eigenvalue weighted by Gasteiger charge is -2.45. The average Bonchev–Trinajstić information content (AvgIpc) is 2.88. The third-order valence-electron chi connectivity index (χ3n) is 5.75. The zero-order valence-corrected chi connectivity index (χ0v) is 12.0. The highest BCUT2D eigenvalue weighted by Crippen LogP contribution is 2.41. The van der Waals surface area contributed by atoms with E-state index in [9.17, 15) is 0 Å². The van der Waals surface area contributed by atoms with Gasteiger partial charge in [-0.15, -0.1) is 0 Å².